The van der Waals surface area contributed by atoms with Gasteiger partial charge in [0.1, 0.15) is 0 Å². The zero-order valence-electron chi connectivity index (χ0n) is 12.0. The van der Waals surface area contributed by atoms with Crippen molar-refractivity contribution in [2.45, 2.75) is 45.4 Å². The fraction of sp³-hybridized carbons (Fsp3) is 0.500. The quantitative estimate of drug-likeness (QED) is 0.682. The summed E-state index contributed by atoms with van der Waals surface area (Å²) >= 11 is 0. The van der Waals surface area contributed by atoms with Gasteiger partial charge in [0, 0.05) is 13.0 Å². The molecule has 0 spiro atoms. The molecular weight excluding hydrogens is 254 g/mol. The summed E-state index contributed by atoms with van der Waals surface area (Å²) in [6.45, 7) is 2.70. The molecule has 1 rings (SSSR count). The fourth-order valence-corrected chi connectivity index (χ4v) is 2.01. The molecule has 0 bridgehead atoms. The van der Waals surface area contributed by atoms with E-state index in [0.29, 0.717) is 19.4 Å². The van der Waals surface area contributed by atoms with E-state index in [9.17, 15) is 9.59 Å². The largest absolute Gasteiger partial charge is 0.478 e. The van der Waals surface area contributed by atoms with Gasteiger partial charge in [-0.15, -0.1) is 0 Å². The zero-order chi connectivity index (χ0) is 14.8. The van der Waals surface area contributed by atoms with Gasteiger partial charge in [-0.25, -0.2) is 4.79 Å². The number of benzene rings is 1. The minimum absolute atomic E-state index is 0.0792. The van der Waals surface area contributed by atoms with Crippen LogP contribution in [0.25, 0.3) is 0 Å². The lowest BCUT2D eigenvalue weighted by atomic mass is 10.1. The number of carboxylic acid groups (broad SMARTS) is 1. The average molecular weight is 277 g/mol. The summed E-state index contributed by atoms with van der Waals surface area (Å²) in [5, 5.41) is 11.8. The molecule has 0 aliphatic carbocycles. The molecule has 1 aromatic rings. The standard InChI is InChI=1S/C16H23NO3/c1-2-3-4-5-9-15(18)17-11-10-13-7-6-8-14(12-13)16(19)20/h6-8,12H,2-5,9-11H2,1H3,(H,17,18)(H,19,20). The smallest absolute Gasteiger partial charge is 0.335 e. The Morgan fingerprint density at radius 2 is 2.00 bits per heavy atom. The summed E-state index contributed by atoms with van der Waals surface area (Å²) in [4.78, 5) is 22.4. The summed E-state index contributed by atoms with van der Waals surface area (Å²) in [7, 11) is 0. The van der Waals surface area contributed by atoms with Gasteiger partial charge in [0.05, 0.1) is 5.56 Å². The number of aromatic carboxylic acids is 1. The van der Waals surface area contributed by atoms with Gasteiger partial charge < -0.3 is 10.4 Å². The van der Waals surface area contributed by atoms with Gasteiger partial charge in [-0.05, 0) is 30.5 Å². The second kappa shape index (κ2) is 9.13. The summed E-state index contributed by atoms with van der Waals surface area (Å²) in [5.74, 6) is -0.845. The van der Waals surface area contributed by atoms with Crippen LogP contribution in [0.5, 0.6) is 0 Å². The van der Waals surface area contributed by atoms with E-state index in [2.05, 4.69) is 12.2 Å². The van der Waals surface area contributed by atoms with E-state index in [1.165, 1.54) is 12.8 Å². The maximum Gasteiger partial charge on any atom is 0.335 e. The molecule has 0 saturated heterocycles. The average Bonchev–Trinajstić information content (AvgIpc) is 2.44. The molecule has 20 heavy (non-hydrogen) atoms. The highest BCUT2D eigenvalue weighted by Crippen LogP contribution is 2.06. The van der Waals surface area contributed by atoms with Crippen molar-refractivity contribution in [3.05, 3.63) is 35.4 Å². The summed E-state index contributed by atoms with van der Waals surface area (Å²) in [6.07, 6.45) is 5.62. The second-order valence-corrected chi connectivity index (χ2v) is 4.92. The minimum Gasteiger partial charge on any atom is -0.478 e. The van der Waals surface area contributed by atoms with Crippen LogP contribution in [0.3, 0.4) is 0 Å². The Balaban J connectivity index is 2.25. The molecule has 1 aromatic carbocycles. The van der Waals surface area contributed by atoms with Crippen molar-refractivity contribution < 1.29 is 14.7 Å². The summed E-state index contributed by atoms with van der Waals surface area (Å²) in [5.41, 5.74) is 1.21. The van der Waals surface area contributed by atoms with Crippen LogP contribution in [-0.4, -0.2) is 23.5 Å². The lowest BCUT2D eigenvalue weighted by Crippen LogP contribution is -2.25. The van der Waals surface area contributed by atoms with E-state index < -0.39 is 5.97 Å². The Labute approximate surface area is 120 Å². The van der Waals surface area contributed by atoms with Crippen LogP contribution in [0.2, 0.25) is 0 Å². The predicted molar refractivity (Wildman–Crippen MR) is 78.9 cm³/mol. The molecule has 0 saturated carbocycles. The molecule has 4 nitrogen and oxygen atoms in total. The van der Waals surface area contributed by atoms with Crippen molar-refractivity contribution in [2.24, 2.45) is 0 Å². The van der Waals surface area contributed by atoms with Crippen LogP contribution < -0.4 is 5.32 Å². The second-order valence-electron chi connectivity index (χ2n) is 4.92. The first kappa shape index (κ1) is 16.2. The third-order valence-electron chi connectivity index (χ3n) is 3.17. The van der Waals surface area contributed by atoms with Crippen molar-refractivity contribution in [1.82, 2.24) is 5.32 Å². The van der Waals surface area contributed by atoms with Gasteiger partial charge in [0.2, 0.25) is 5.91 Å². The molecule has 0 aliphatic rings. The lowest BCUT2D eigenvalue weighted by molar-refractivity contribution is -0.121. The first-order chi connectivity index (χ1) is 9.63. The SMILES string of the molecule is CCCCCCC(=O)NCCc1cccc(C(=O)O)c1. The maximum absolute atomic E-state index is 11.6. The van der Waals surface area contributed by atoms with Crippen LogP contribution in [0.4, 0.5) is 0 Å². The molecule has 0 radical (unpaired) electrons. The third-order valence-corrected chi connectivity index (χ3v) is 3.17. The van der Waals surface area contributed by atoms with Crippen LogP contribution in [-0.2, 0) is 11.2 Å². The van der Waals surface area contributed by atoms with Gasteiger partial charge in [0.25, 0.3) is 0 Å². The van der Waals surface area contributed by atoms with Crippen LogP contribution in [0.1, 0.15) is 54.9 Å². The number of unbranched alkanes of at least 4 members (excludes halogenated alkanes) is 3. The zero-order valence-corrected chi connectivity index (χ0v) is 12.0. The molecule has 0 fully saturated rings. The number of rotatable bonds is 9. The molecule has 0 atom stereocenters. The van der Waals surface area contributed by atoms with Crippen LogP contribution in [0.15, 0.2) is 24.3 Å². The molecule has 1 amide bonds. The third kappa shape index (κ3) is 6.36. The number of carbonyl (C=O) groups excluding carboxylic acids is 1. The maximum atomic E-state index is 11.6. The Hall–Kier alpha value is -1.84. The van der Waals surface area contributed by atoms with E-state index in [-0.39, 0.29) is 11.5 Å². The van der Waals surface area contributed by atoms with E-state index in [4.69, 9.17) is 5.11 Å². The number of nitrogens with one attached hydrogen (secondary N) is 1. The van der Waals surface area contributed by atoms with Crippen molar-refractivity contribution in [3.63, 3.8) is 0 Å². The van der Waals surface area contributed by atoms with Crippen LogP contribution in [0, 0.1) is 0 Å². The molecule has 0 aliphatic heterocycles. The first-order valence-electron chi connectivity index (χ1n) is 7.22. The van der Waals surface area contributed by atoms with Crippen LogP contribution >= 0.6 is 0 Å². The predicted octanol–water partition coefficient (Wildman–Crippen LogP) is 3.01. The number of hydrogen-bond acceptors (Lipinski definition) is 2. The lowest BCUT2D eigenvalue weighted by Gasteiger charge is -2.06. The minimum atomic E-state index is -0.924. The normalized spacial score (nSPS) is 10.2. The van der Waals surface area contributed by atoms with E-state index in [1.807, 2.05) is 6.07 Å². The first-order valence-corrected chi connectivity index (χ1v) is 7.22. The summed E-state index contributed by atoms with van der Waals surface area (Å²) < 4.78 is 0. The van der Waals surface area contributed by atoms with Crippen molar-refractivity contribution in [2.75, 3.05) is 6.54 Å². The highest BCUT2D eigenvalue weighted by Gasteiger charge is 2.04. The monoisotopic (exact) mass is 277 g/mol. The number of amides is 1. The summed E-state index contributed by atoms with van der Waals surface area (Å²) in [6, 6.07) is 6.82. The Morgan fingerprint density at radius 3 is 2.70 bits per heavy atom. The van der Waals surface area contributed by atoms with E-state index in [1.54, 1.807) is 18.2 Å². The molecule has 2 N–H and O–H groups in total. The van der Waals surface area contributed by atoms with E-state index in [0.717, 1.165) is 18.4 Å². The molecule has 0 unspecified atom stereocenters. The van der Waals surface area contributed by atoms with Gasteiger partial charge in [-0.2, -0.15) is 0 Å². The number of hydrogen-bond donors (Lipinski definition) is 2. The highest BCUT2D eigenvalue weighted by atomic mass is 16.4. The molecule has 0 aromatic heterocycles. The Bertz CT molecular complexity index is 443. The number of carbonyl (C=O) groups is 2. The van der Waals surface area contributed by atoms with Crippen molar-refractivity contribution in [3.8, 4) is 0 Å². The molecule has 110 valence electrons. The topological polar surface area (TPSA) is 66.4 Å². The van der Waals surface area contributed by atoms with E-state index >= 15 is 0 Å². The fourth-order valence-electron chi connectivity index (χ4n) is 2.01. The van der Waals surface area contributed by atoms with Gasteiger partial charge in [-0.1, -0.05) is 38.3 Å². The molecule has 0 heterocycles. The Kier molecular flexibility index (Phi) is 7.40. The van der Waals surface area contributed by atoms with Gasteiger partial charge >= 0.3 is 5.97 Å². The Morgan fingerprint density at radius 1 is 1.20 bits per heavy atom. The van der Waals surface area contributed by atoms with Crippen molar-refractivity contribution >= 4 is 11.9 Å². The highest BCUT2D eigenvalue weighted by molar-refractivity contribution is 5.87. The van der Waals surface area contributed by atoms with Gasteiger partial charge in [-0.3, -0.25) is 4.79 Å². The van der Waals surface area contributed by atoms with Gasteiger partial charge in [0.15, 0.2) is 0 Å². The van der Waals surface area contributed by atoms with Crippen molar-refractivity contribution in [1.29, 1.82) is 0 Å². The molecule has 4 heteroatoms. The molecular formula is C16H23NO3. The number of carboxylic acids is 1.